The zero-order valence-corrected chi connectivity index (χ0v) is 11.4. The van der Waals surface area contributed by atoms with Crippen LogP contribution in [0.2, 0.25) is 5.15 Å². The number of aromatic nitrogens is 1. The van der Waals surface area contributed by atoms with Gasteiger partial charge in [0.2, 0.25) is 5.88 Å². The summed E-state index contributed by atoms with van der Waals surface area (Å²) < 4.78 is 5.87. The molecule has 0 N–H and O–H groups in total. The Kier molecular flexibility index (Phi) is 4.08. The van der Waals surface area contributed by atoms with E-state index >= 15 is 0 Å². The van der Waals surface area contributed by atoms with Crippen molar-refractivity contribution in [3.63, 3.8) is 0 Å². The van der Waals surface area contributed by atoms with Gasteiger partial charge in [-0.2, -0.15) is 5.26 Å². The summed E-state index contributed by atoms with van der Waals surface area (Å²) >= 11 is 5.86. The highest BCUT2D eigenvalue weighted by Crippen LogP contribution is 2.31. The first-order valence-corrected chi connectivity index (χ1v) is 6.69. The van der Waals surface area contributed by atoms with E-state index in [1.807, 2.05) is 0 Å². The minimum Gasteiger partial charge on any atom is -0.474 e. The normalized spacial score (nSPS) is 27.6. The van der Waals surface area contributed by atoms with E-state index in [4.69, 9.17) is 21.6 Å². The van der Waals surface area contributed by atoms with E-state index in [1.165, 1.54) is 6.42 Å². The topological polar surface area (TPSA) is 45.9 Å². The molecule has 0 amide bonds. The quantitative estimate of drug-likeness (QED) is 0.763. The molecular formula is C14H17ClN2O. The fourth-order valence-corrected chi connectivity index (χ4v) is 2.94. The van der Waals surface area contributed by atoms with Crippen molar-refractivity contribution in [2.75, 3.05) is 0 Å². The molecule has 1 saturated carbocycles. The van der Waals surface area contributed by atoms with Gasteiger partial charge >= 0.3 is 0 Å². The third-order valence-corrected chi connectivity index (χ3v) is 3.52. The fourth-order valence-electron chi connectivity index (χ4n) is 2.74. The molecule has 4 heteroatoms. The van der Waals surface area contributed by atoms with Gasteiger partial charge in [0.25, 0.3) is 0 Å². The first-order valence-electron chi connectivity index (χ1n) is 6.31. The highest BCUT2D eigenvalue weighted by molar-refractivity contribution is 6.29. The van der Waals surface area contributed by atoms with Gasteiger partial charge in [0.15, 0.2) is 0 Å². The SMILES string of the molecule is CC1CC(C)CC(Oc2cc(C#N)cc(Cl)n2)C1. The lowest BCUT2D eigenvalue weighted by Gasteiger charge is -2.31. The lowest BCUT2D eigenvalue weighted by atomic mass is 9.82. The Balaban J connectivity index is 2.09. The van der Waals surface area contributed by atoms with E-state index in [0.717, 1.165) is 12.8 Å². The molecule has 1 fully saturated rings. The number of rotatable bonds is 2. The Hall–Kier alpha value is -1.27. The molecule has 3 nitrogen and oxygen atoms in total. The van der Waals surface area contributed by atoms with Crippen molar-refractivity contribution in [3.8, 4) is 11.9 Å². The molecule has 0 bridgehead atoms. The summed E-state index contributed by atoms with van der Waals surface area (Å²) in [7, 11) is 0. The molecule has 2 rings (SSSR count). The molecule has 2 unspecified atom stereocenters. The maximum Gasteiger partial charge on any atom is 0.216 e. The Bertz CT molecular complexity index is 459. The highest BCUT2D eigenvalue weighted by Gasteiger charge is 2.25. The smallest absolute Gasteiger partial charge is 0.216 e. The largest absolute Gasteiger partial charge is 0.474 e. The fraction of sp³-hybridized carbons (Fsp3) is 0.571. The van der Waals surface area contributed by atoms with Crippen molar-refractivity contribution < 1.29 is 4.74 Å². The van der Waals surface area contributed by atoms with Crippen molar-refractivity contribution in [1.29, 1.82) is 5.26 Å². The number of ether oxygens (including phenoxy) is 1. The monoisotopic (exact) mass is 264 g/mol. The van der Waals surface area contributed by atoms with E-state index in [1.54, 1.807) is 12.1 Å². The minimum atomic E-state index is 0.182. The molecule has 1 aliphatic rings. The number of nitriles is 1. The van der Waals surface area contributed by atoms with Gasteiger partial charge in [0.1, 0.15) is 11.3 Å². The van der Waals surface area contributed by atoms with Crippen LogP contribution < -0.4 is 4.74 Å². The molecule has 18 heavy (non-hydrogen) atoms. The van der Waals surface area contributed by atoms with Crippen LogP contribution in [-0.2, 0) is 0 Å². The van der Waals surface area contributed by atoms with E-state index in [9.17, 15) is 0 Å². The van der Waals surface area contributed by atoms with Gasteiger partial charge in [-0.1, -0.05) is 25.4 Å². The van der Waals surface area contributed by atoms with Crippen LogP contribution in [0.1, 0.15) is 38.7 Å². The maximum absolute atomic E-state index is 8.88. The van der Waals surface area contributed by atoms with Crippen LogP contribution in [0.25, 0.3) is 0 Å². The minimum absolute atomic E-state index is 0.182. The van der Waals surface area contributed by atoms with Gasteiger partial charge in [-0.15, -0.1) is 0 Å². The second kappa shape index (κ2) is 5.58. The van der Waals surface area contributed by atoms with Crippen LogP contribution >= 0.6 is 11.6 Å². The molecule has 0 radical (unpaired) electrons. The maximum atomic E-state index is 8.88. The van der Waals surface area contributed by atoms with E-state index in [2.05, 4.69) is 24.9 Å². The van der Waals surface area contributed by atoms with Crippen molar-refractivity contribution >= 4 is 11.6 Å². The van der Waals surface area contributed by atoms with Crippen LogP contribution in [0.3, 0.4) is 0 Å². The Morgan fingerprint density at radius 1 is 1.28 bits per heavy atom. The van der Waals surface area contributed by atoms with E-state index in [-0.39, 0.29) is 6.10 Å². The van der Waals surface area contributed by atoms with Crippen LogP contribution in [-0.4, -0.2) is 11.1 Å². The van der Waals surface area contributed by atoms with Crippen LogP contribution in [0.4, 0.5) is 0 Å². The van der Waals surface area contributed by atoms with Crippen LogP contribution in [0.5, 0.6) is 5.88 Å². The molecule has 1 aliphatic carbocycles. The van der Waals surface area contributed by atoms with Crippen molar-refractivity contribution in [3.05, 3.63) is 22.8 Å². The number of nitrogens with zero attached hydrogens (tertiary/aromatic N) is 2. The Morgan fingerprint density at radius 2 is 1.94 bits per heavy atom. The molecular weight excluding hydrogens is 248 g/mol. The third kappa shape index (κ3) is 3.36. The summed E-state index contributed by atoms with van der Waals surface area (Å²) in [6.45, 7) is 4.50. The van der Waals surface area contributed by atoms with Gasteiger partial charge in [-0.25, -0.2) is 4.98 Å². The zero-order valence-electron chi connectivity index (χ0n) is 10.7. The lowest BCUT2D eigenvalue weighted by molar-refractivity contribution is 0.0967. The first-order chi connectivity index (χ1) is 8.56. The molecule has 0 spiro atoms. The van der Waals surface area contributed by atoms with Gasteiger partial charge in [-0.05, 0) is 37.2 Å². The summed E-state index contributed by atoms with van der Waals surface area (Å²) in [5.41, 5.74) is 0.488. The standard InChI is InChI=1S/C14H17ClN2O/c1-9-3-10(2)5-12(4-9)18-14-7-11(8-16)6-13(15)17-14/h6-7,9-10,12H,3-5H2,1-2H3. The lowest BCUT2D eigenvalue weighted by Crippen LogP contribution is -2.28. The van der Waals surface area contributed by atoms with E-state index in [0.29, 0.717) is 28.4 Å². The number of halogens is 1. The molecule has 96 valence electrons. The molecule has 1 aromatic heterocycles. The molecule has 0 aromatic carbocycles. The predicted octanol–water partition coefficient (Wildman–Crippen LogP) is 3.81. The molecule has 1 aromatic rings. The average Bonchev–Trinajstić information content (AvgIpc) is 2.26. The zero-order chi connectivity index (χ0) is 13.1. The van der Waals surface area contributed by atoms with Crippen molar-refractivity contribution in [2.45, 2.75) is 39.2 Å². The summed E-state index contributed by atoms with van der Waals surface area (Å²) in [5.74, 6) is 1.81. The van der Waals surface area contributed by atoms with Gasteiger partial charge < -0.3 is 4.74 Å². The predicted molar refractivity (Wildman–Crippen MR) is 70.6 cm³/mol. The number of pyridine rings is 1. The second-order valence-electron chi connectivity index (χ2n) is 5.29. The van der Waals surface area contributed by atoms with Gasteiger partial charge in [0.05, 0.1) is 11.6 Å². The van der Waals surface area contributed by atoms with Crippen LogP contribution in [0, 0.1) is 23.2 Å². The van der Waals surface area contributed by atoms with Crippen molar-refractivity contribution in [1.82, 2.24) is 4.98 Å². The molecule has 0 saturated heterocycles. The Labute approximate surface area is 113 Å². The average molecular weight is 265 g/mol. The summed E-state index contributed by atoms with van der Waals surface area (Å²) in [5, 5.41) is 9.19. The summed E-state index contributed by atoms with van der Waals surface area (Å²) in [4.78, 5) is 4.12. The molecule has 2 atom stereocenters. The second-order valence-corrected chi connectivity index (χ2v) is 5.67. The van der Waals surface area contributed by atoms with Gasteiger partial charge in [-0.3, -0.25) is 0 Å². The molecule has 0 aliphatic heterocycles. The summed E-state index contributed by atoms with van der Waals surface area (Å²) in [6.07, 6.45) is 3.52. The Morgan fingerprint density at radius 3 is 2.56 bits per heavy atom. The van der Waals surface area contributed by atoms with Crippen LogP contribution in [0.15, 0.2) is 12.1 Å². The number of hydrogen-bond acceptors (Lipinski definition) is 3. The highest BCUT2D eigenvalue weighted by atomic mass is 35.5. The van der Waals surface area contributed by atoms with Crippen molar-refractivity contribution in [2.24, 2.45) is 11.8 Å². The third-order valence-electron chi connectivity index (χ3n) is 3.32. The van der Waals surface area contributed by atoms with E-state index < -0.39 is 0 Å². The van der Waals surface area contributed by atoms with Gasteiger partial charge in [0, 0.05) is 6.07 Å². The molecule has 1 heterocycles. The first kappa shape index (κ1) is 13.2. The summed E-state index contributed by atoms with van der Waals surface area (Å²) in [6, 6.07) is 5.25. The number of hydrogen-bond donors (Lipinski definition) is 0.